The van der Waals surface area contributed by atoms with E-state index in [-0.39, 0.29) is 0 Å². The fourth-order valence-corrected chi connectivity index (χ4v) is 2.17. The van der Waals surface area contributed by atoms with Gasteiger partial charge in [0.05, 0.1) is 0 Å². The van der Waals surface area contributed by atoms with Gasteiger partial charge in [-0.1, -0.05) is 30.3 Å². The molecule has 0 unspecified atom stereocenters. The van der Waals surface area contributed by atoms with Crippen molar-refractivity contribution >= 4 is 5.82 Å². The number of nitriles is 1. The largest absolute Gasteiger partial charge is 0.369 e. The van der Waals surface area contributed by atoms with Crippen LogP contribution in [0.5, 0.6) is 0 Å². The maximum absolute atomic E-state index is 9.23. The quantitative estimate of drug-likeness (QED) is 0.783. The van der Waals surface area contributed by atoms with Crippen LogP contribution in [0, 0.1) is 11.3 Å². The highest BCUT2D eigenvalue weighted by molar-refractivity contribution is 5.78. The van der Waals surface area contributed by atoms with Crippen LogP contribution < -0.4 is 5.32 Å². The third kappa shape index (κ3) is 1.20. The summed E-state index contributed by atoms with van der Waals surface area (Å²) in [6, 6.07) is 12.3. The van der Waals surface area contributed by atoms with E-state index >= 15 is 0 Å². The summed E-state index contributed by atoms with van der Waals surface area (Å²) in [5.74, 6) is 0.960. The van der Waals surface area contributed by atoms with Gasteiger partial charge in [0.15, 0.2) is 0 Å². The molecule has 0 radical (unpaired) electrons. The van der Waals surface area contributed by atoms with Crippen molar-refractivity contribution in [3.8, 4) is 17.2 Å². The van der Waals surface area contributed by atoms with Gasteiger partial charge in [0, 0.05) is 24.8 Å². The Morgan fingerprint density at radius 3 is 2.81 bits per heavy atom. The molecule has 3 rings (SSSR count). The third-order valence-electron chi connectivity index (χ3n) is 2.92. The van der Waals surface area contributed by atoms with E-state index in [1.54, 1.807) is 0 Å². The van der Waals surface area contributed by atoms with Gasteiger partial charge in [-0.05, 0) is 5.56 Å². The van der Waals surface area contributed by atoms with Crippen LogP contribution in [-0.4, -0.2) is 11.1 Å². The first-order valence-corrected chi connectivity index (χ1v) is 5.32. The van der Waals surface area contributed by atoms with E-state index in [9.17, 15) is 5.26 Å². The fraction of sp³-hybridized carbons (Fsp3) is 0.154. The predicted octanol–water partition coefficient (Wildman–Crippen LogP) is 2.45. The van der Waals surface area contributed by atoms with E-state index in [4.69, 9.17) is 0 Å². The molecular formula is C13H11N3. The number of hydrogen-bond donors (Lipinski definition) is 1. The van der Waals surface area contributed by atoms with Crippen LogP contribution in [0.3, 0.4) is 0 Å². The standard InChI is InChI=1S/C13H11N3/c14-8-11-12(10-4-2-1-3-5-10)9-16-7-6-15-13(11)16/h1-5,9,15H,6-7H2. The van der Waals surface area contributed by atoms with Crippen molar-refractivity contribution in [1.82, 2.24) is 4.57 Å². The second-order valence-electron chi connectivity index (χ2n) is 3.86. The van der Waals surface area contributed by atoms with Crippen LogP contribution in [0.25, 0.3) is 11.1 Å². The molecule has 0 aliphatic carbocycles. The van der Waals surface area contributed by atoms with Gasteiger partial charge in [0.2, 0.25) is 0 Å². The Hall–Kier alpha value is -2.21. The van der Waals surface area contributed by atoms with Crippen molar-refractivity contribution in [2.24, 2.45) is 0 Å². The highest BCUT2D eigenvalue weighted by Crippen LogP contribution is 2.32. The summed E-state index contributed by atoms with van der Waals surface area (Å²) in [4.78, 5) is 0. The van der Waals surface area contributed by atoms with Crippen LogP contribution in [-0.2, 0) is 6.54 Å². The van der Waals surface area contributed by atoms with Crippen LogP contribution in [0.4, 0.5) is 5.82 Å². The summed E-state index contributed by atoms with van der Waals surface area (Å²) in [5, 5.41) is 12.5. The molecule has 2 heterocycles. The third-order valence-corrected chi connectivity index (χ3v) is 2.92. The Morgan fingerprint density at radius 2 is 2.06 bits per heavy atom. The Bertz CT molecular complexity index is 561. The molecule has 0 bridgehead atoms. The van der Waals surface area contributed by atoms with Gasteiger partial charge in [0.25, 0.3) is 0 Å². The van der Waals surface area contributed by atoms with E-state index in [0.29, 0.717) is 0 Å². The molecule has 0 amide bonds. The molecule has 3 nitrogen and oxygen atoms in total. The van der Waals surface area contributed by atoms with Gasteiger partial charge in [-0.15, -0.1) is 0 Å². The molecule has 1 aromatic carbocycles. The minimum absolute atomic E-state index is 0.753. The first-order chi connectivity index (χ1) is 7.90. The zero-order chi connectivity index (χ0) is 11.0. The van der Waals surface area contributed by atoms with Crippen molar-refractivity contribution in [2.75, 3.05) is 11.9 Å². The Morgan fingerprint density at radius 1 is 1.25 bits per heavy atom. The summed E-state index contributed by atoms with van der Waals surface area (Å²) in [6.07, 6.45) is 2.06. The molecule has 1 aliphatic rings. The van der Waals surface area contributed by atoms with Crippen molar-refractivity contribution in [1.29, 1.82) is 5.26 Å². The number of rotatable bonds is 1. The van der Waals surface area contributed by atoms with Gasteiger partial charge in [-0.3, -0.25) is 0 Å². The lowest BCUT2D eigenvalue weighted by Gasteiger charge is -1.99. The Balaban J connectivity index is 2.20. The first-order valence-electron chi connectivity index (χ1n) is 5.32. The molecule has 0 saturated heterocycles. The van der Waals surface area contributed by atoms with E-state index in [1.807, 2.05) is 30.3 Å². The second kappa shape index (κ2) is 3.42. The molecule has 3 heteroatoms. The summed E-state index contributed by atoms with van der Waals surface area (Å²) >= 11 is 0. The highest BCUT2D eigenvalue weighted by Gasteiger charge is 2.19. The summed E-state index contributed by atoms with van der Waals surface area (Å²) in [6.45, 7) is 1.86. The SMILES string of the molecule is N#Cc1c(-c2ccccc2)cn2c1NCC2. The monoisotopic (exact) mass is 209 g/mol. The van der Waals surface area contributed by atoms with E-state index in [0.717, 1.165) is 35.6 Å². The van der Waals surface area contributed by atoms with Gasteiger partial charge >= 0.3 is 0 Å². The molecule has 1 aliphatic heterocycles. The lowest BCUT2D eigenvalue weighted by atomic mass is 10.1. The molecule has 78 valence electrons. The number of nitrogens with zero attached hydrogens (tertiary/aromatic N) is 2. The van der Waals surface area contributed by atoms with Crippen LogP contribution in [0.1, 0.15) is 5.56 Å². The normalized spacial score (nSPS) is 12.9. The van der Waals surface area contributed by atoms with Crippen LogP contribution in [0.2, 0.25) is 0 Å². The lowest BCUT2D eigenvalue weighted by molar-refractivity contribution is 0.811. The predicted molar refractivity (Wildman–Crippen MR) is 63.1 cm³/mol. The van der Waals surface area contributed by atoms with E-state index in [2.05, 4.69) is 22.1 Å². The molecule has 0 spiro atoms. The number of fused-ring (bicyclic) bond motifs is 1. The molecule has 1 aromatic heterocycles. The van der Waals surface area contributed by atoms with Crippen molar-refractivity contribution in [3.05, 3.63) is 42.1 Å². The van der Waals surface area contributed by atoms with Gasteiger partial charge < -0.3 is 9.88 Å². The van der Waals surface area contributed by atoms with Gasteiger partial charge in [-0.2, -0.15) is 5.26 Å². The summed E-state index contributed by atoms with van der Waals surface area (Å²) in [7, 11) is 0. The second-order valence-corrected chi connectivity index (χ2v) is 3.86. The van der Waals surface area contributed by atoms with Crippen LogP contribution >= 0.6 is 0 Å². The molecule has 16 heavy (non-hydrogen) atoms. The van der Waals surface area contributed by atoms with Crippen molar-refractivity contribution in [2.45, 2.75) is 6.54 Å². The Labute approximate surface area is 93.9 Å². The molecule has 0 fully saturated rings. The molecule has 1 N–H and O–H groups in total. The van der Waals surface area contributed by atoms with Crippen molar-refractivity contribution < 1.29 is 0 Å². The minimum atomic E-state index is 0.753. The molecule has 0 saturated carbocycles. The van der Waals surface area contributed by atoms with Gasteiger partial charge in [0.1, 0.15) is 17.5 Å². The minimum Gasteiger partial charge on any atom is -0.369 e. The molecular weight excluding hydrogens is 198 g/mol. The summed E-state index contributed by atoms with van der Waals surface area (Å²) in [5.41, 5.74) is 2.87. The number of benzene rings is 1. The topological polar surface area (TPSA) is 40.8 Å². The van der Waals surface area contributed by atoms with E-state index in [1.165, 1.54) is 0 Å². The smallest absolute Gasteiger partial charge is 0.124 e. The zero-order valence-corrected chi connectivity index (χ0v) is 8.77. The van der Waals surface area contributed by atoms with Gasteiger partial charge in [-0.25, -0.2) is 0 Å². The van der Waals surface area contributed by atoms with Crippen LogP contribution in [0.15, 0.2) is 36.5 Å². The number of aromatic nitrogens is 1. The molecule has 0 atom stereocenters. The van der Waals surface area contributed by atoms with E-state index < -0.39 is 0 Å². The lowest BCUT2D eigenvalue weighted by Crippen LogP contribution is -1.95. The van der Waals surface area contributed by atoms with Crippen molar-refractivity contribution in [3.63, 3.8) is 0 Å². The molecule has 2 aromatic rings. The number of hydrogen-bond acceptors (Lipinski definition) is 2. The average Bonchev–Trinajstić information content (AvgIpc) is 2.89. The fourth-order valence-electron chi connectivity index (χ4n) is 2.17. The number of nitrogens with one attached hydrogen (secondary N) is 1. The average molecular weight is 209 g/mol. The highest BCUT2D eigenvalue weighted by atomic mass is 15.2. The zero-order valence-electron chi connectivity index (χ0n) is 8.77. The maximum atomic E-state index is 9.23. The maximum Gasteiger partial charge on any atom is 0.124 e. The summed E-state index contributed by atoms with van der Waals surface area (Å²) < 4.78 is 2.11. The number of anilines is 1. The first kappa shape index (κ1) is 9.05. The Kier molecular flexibility index (Phi) is 1.94.